The van der Waals surface area contributed by atoms with Gasteiger partial charge in [0.1, 0.15) is 5.82 Å². The van der Waals surface area contributed by atoms with Crippen LogP contribution in [0.1, 0.15) is 32.6 Å². The minimum Gasteiger partial charge on any atom is -0.368 e. The quantitative estimate of drug-likeness (QED) is 0.695. The van der Waals surface area contributed by atoms with E-state index in [4.69, 9.17) is 0 Å². The molecule has 0 fully saturated rings. The number of hydrogen-bond acceptors (Lipinski definition) is 3. The Balaban J connectivity index is 2.59. The number of hydrogen-bond donors (Lipinski definition) is 2. The normalized spacial score (nSPS) is 12.1. The molecule has 1 aromatic rings. The fourth-order valence-corrected chi connectivity index (χ4v) is 1.57. The average molecular weight is 221 g/mol. The van der Waals surface area contributed by atoms with Crippen LogP contribution in [0.25, 0.3) is 0 Å². The summed E-state index contributed by atoms with van der Waals surface area (Å²) in [5.41, 5.74) is -0.321. The van der Waals surface area contributed by atoms with Gasteiger partial charge in [-0.3, -0.25) is 4.98 Å². The minimum absolute atomic E-state index is 0.321. The van der Waals surface area contributed by atoms with E-state index in [2.05, 4.69) is 28.8 Å². The van der Waals surface area contributed by atoms with E-state index in [0.717, 1.165) is 18.7 Å². The molecule has 0 bridgehead atoms. The van der Waals surface area contributed by atoms with Crippen LogP contribution in [0.4, 0.5) is 5.82 Å². The van der Waals surface area contributed by atoms with E-state index in [9.17, 15) is 4.79 Å². The largest absolute Gasteiger partial charge is 0.368 e. The van der Waals surface area contributed by atoms with Crippen molar-refractivity contribution in [1.82, 2.24) is 9.97 Å². The Kier molecular flexibility index (Phi) is 5.32. The molecular formula is C12H19N3O. The van der Waals surface area contributed by atoms with Crippen LogP contribution in [0.3, 0.4) is 0 Å². The first-order valence-corrected chi connectivity index (χ1v) is 5.69. The first-order valence-electron chi connectivity index (χ1n) is 5.69. The molecule has 2 N–H and O–H groups in total. The summed E-state index contributed by atoms with van der Waals surface area (Å²) in [7, 11) is 0. The lowest BCUT2D eigenvalue weighted by atomic mass is 10.1. The number of aromatic amines is 1. The van der Waals surface area contributed by atoms with Crippen LogP contribution in [0.5, 0.6) is 0 Å². The van der Waals surface area contributed by atoms with Crippen molar-refractivity contribution in [1.29, 1.82) is 0 Å². The second kappa shape index (κ2) is 6.82. The van der Waals surface area contributed by atoms with Gasteiger partial charge in [-0.2, -0.15) is 0 Å². The number of anilines is 1. The highest BCUT2D eigenvalue weighted by molar-refractivity contribution is 5.33. The summed E-state index contributed by atoms with van der Waals surface area (Å²) in [5, 5.41) is 3.29. The van der Waals surface area contributed by atoms with E-state index in [1.165, 1.54) is 19.0 Å². The molecule has 0 amide bonds. The van der Waals surface area contributed by atoms with Crippen molar-refractivity contribution in [3.05, 3.63) is 35.4 Å². The van der Waals surface area contributed by atoms with Gasteiger partial charge in [0.25, 0.3) is 0 Å². The smallest absolute Gasteiger partial charge is 0.346 e. The molecule has 0 radical (unpaired) electrons. The summed E-state index contributed by atoms with van der Waals surface area (Å²) < 4.78 is 0. The van der Waals surface area contributed by atoms with E-state index in [-0.39, 0.29) is 5.69 Å². The van der Waals surface area contributed by atoms with E-state index in [1.807, 2.05) is 6.08 Å². The molecule has 88 valence electrons. The SMILES string of the molecule is C=CCC(CCCC)Nc1ccnc(=O)[nH]1. The van der Waals surface area contributed by atoms with Gasteiger partial charge >= 0.3 is 5.69 Å². The topological polar surface area (TPSA) is 57.8 Å². The number of nitrogens with zero attached hydrogens (tertiary/aromatic N) is 1. The number of nitrogens with one attached hydrogen (secondary N) is 2. The van der Waals surface area contributed by atoms with E-state index >= 15 is 0 Å². The van der Waals surface area contributed by atoms with Crippen LogP contribution in [0.2, 0.25) is 0 Å². The Bertz CT molecular complexity index is 373. The van der Waals surface area contributed by atoms with E-state index in [1.54, 1.807) is 6.07 Å². The molecule has 0 aliphatic carbocycles. The molecule has 0 aliphatic heterocycles. The highest BCUT2D eigenvalue weighted by Gasteiger charge is 2.06. The maximum Gasteiger partial charge on any atom is 0.346 e. The van der Waals surface area contributed by atoms with Gasteiger partial charge in [-0.25, -0.2) is 9.78 Å². The molecule has 0 aromatic carbocycles. The monoisotopic (exact) mass is 221 g/mol. The molecule has 1 atom stereocenters. The Morgan fingerprint density at radius 1 is 1.69 bits per heavy atom. The maximum absolute atomic E-state index is 11.0. The molecule has 0 saturated carbocycles. The van der Waals surface area contributed by atoms with Gasteiger partial charge in [0.15, 0.2) is 0 Å². The van der Waals surface area contributed by atoms with Crippen LogP contribution < -0.4 is 11.0 Å². The number of unbranched alkanes of at least 4 members (excludes halogenated alkanes) is 1. The summed E-state index contributed by atoms with van der Waals surface area (Å²) in [4.78, 5) is 17.3. The first kappa shape index (κ1) is 12.5. The lowest BCUT2D eigenvalue weighted by molar-refractivity contribution is 0.611. The van der Waals surface area contributed by atoms with Gasteiger partial charge in [-0.1, -0.05) is 25.8 Å². The second-order valence-electron chi connectivity index (χ2n) is 3.80. The number of rotatable bonds is 7. The standard InChI is InChI=1S/C12H19N3O/c1-3-5-7-10(6-4-2)14-11-8-9-13-12(16)15-11/h4,8-10H,2-3,5-7H2,1H3,(H2,13,14,15,16). The fraction of sp³-hybridized carbons (Fsp3) is 0.500. The zero-order chi connectivity index (χ0) is 11.8. The third-order valence-corrected chi connectivity index (χ3v) is 2.39. The van der Waals surface area contributed by atoms with Crippen LogP contribution in [0.15, 0.2) is 29.7 Å². The number of aromatic nitrogens is 2. The van der Waals surface area contributed by atoms with Crippen molar-refractivity contribution in [3.8, 4) is 0 Å². The van der Waals surface area contributed by atoms with Gasteiger partial charge in [-0.05, 0) is 18.9 Å². The Morgan fingerprint density at radius 2 is 2.50 bits per heavy atom. The predicted molar refractivity (Wildman–Crippen MR) is 66.6 cm³/mol. The summed E-state index contributed by atoms with van der Waals surface area (Å²) in [5.74, 6) is 0.725. The molecule has 0 saturated heterocycles. The second-order valence-corrected chi connectivity index (χ2v) is 3.80. The molecule has 4 nitrogen and oxygen atoms in total. The molecular weight excluding hydrogens is 202 g/mol. The van der Waals surface area contributed by atoms with Gasteiger partial charge in [0.05, 0.1) is 0 Å². The van der Waals surface area contributed by atoms with Crippen molar-refractivity contribution in [2.75, 3.05) is 5.32 Å². The first-order chi connectivity index (χ1) is 7.76. The summed E-state index contributed by atoms with van der Waals surface area (Å²) in [6.07, 6.45) is 7.71. The molecule has 4 heteroatoms. The predicted octanol–water partition coefficient (Wildman–Crippen LogP) is 2.32. The zero-order valence-corrected chi connectivity index (χ0v) is 9.70. The van der Waals surface area contributed by atoms with Crippen molar-refractivity contribution in [3.63, 3.8) is 0 Å². The van der Waals surface area contributed by atoms with Crippen molar-refractivity contribution in [2.24, 2.45) is 0 Å². The Labute approximate surface area is 95.8 Å². The lowest BCUT2D eigenvalue weighted by Crippen LogP contribution is -2.22. The molecule has 1 heterocycles. The molecule has 1 aromatic heterocycles. The van der Waals surface area contributed by atoms with Crippen molar-refractivity contribution in [2.45, 2.75) is 38.6 Å². The van der Waals surface area contributed by atoms with Crippen molar-refractivity contribution < 1.29 is 0 Å². The van der Waals surface area contributed by atoms with Gasteiger partial charge in [-0.15, -0.1) is 6.58 Å². The lowest BCUT2D eigenvalue weighted by Gasteiger charge is -2.17. The molecule has 16 heavy (non-hydrogen) atoms. The molecule has 0 spiro atoms. The van der Waals surface area contributed by atoms with Crippen molar-refractivity contribution >= 4 is 5.82 Å². The highest BCUT2D eigenvalue weighted by Crippen LogP contribution is 2.10. The third-order valence-electron chi connectivity index (χ3n) is 2.39. The average Bonchev–Trinajstić information content (AvgIpc) is 2.26. The maximum atomic E-state index is 11.0. The molecule has 1 unspecified atom stereocenters. The molecule has 0 aliphatic rings. The van der Waals surface area contributed by atoms with Gasteiger partial charge in [0, 0.05) is 12.2 Å². The molecule has 1 rings (SSSR count). The van der Waals surface area contributed by atoms with Crippen LogP contribution in [0, 0.1) is 0 Å². The highest BCUT2D eigenvalue weighted by atomic mass is 16.1. The van der Waals surface area contributed by atoms with Crippen LogP contribution in [-0.4, -0.2) is 16.0 Å². The van der Waals surface area contributed by atoms with Gasteiger partial charge < -0.3 is 5.32 Å². The van der Waals surface area contributed by atoms with E-state index < -0.39 is 0 Å². The summed E-state index contributed by atoms with van der Waals surface area (Å²) in [6.45, 7) is 5.91. The number of H-pyrrole nitrogens is 1. The van der Waals surface area contributed by atoms with Crippen LogP contribution >= 0.6 is 0 Å². The minimum atomic E-state index is -0.321. The van der Waals surface area contributed by atoms with Gasteiger partial charge in [0.2, 0.25) is 0 Å². The van der Waals surface area contributed by atoms with E-state index in [0.29, 0.717) is 6.04 Å². The summed E-state index contributed by atoms with van der Waals surface area (Å²) in [6, 6.07) is 2.10. The summed E-state index contributed by atoms with van der Waals surface area (Å²) >= 11 is 0. The zero-order valence-electron chi connectivity index (χ0n) is 9.70. The Morgan fingerprint density at radius 3 is 3.12 bits per heavy atom. The third kappa shape index (κ3) is 4.29. The fourth-order valence-electron chi connectivity index (χ4n) is 1.57. The Hall–Kier alpha value is -1.58. The van der Waals surface area contributed by atoms with Crippen LogP contribution in [-0.2, 0) is 0 Å².